The molecule has 1 N–H and O–H groups in total. The Labute approximate surface area is 144 Å². The number of benzene rings is 2. The molecule has 0 unspecified atom stereocenters. The molecule has 3 aromatic rings. The fourth-order valence-electron chi connectivity index (χ4n) is 3.59. The number of nitrogens with zero attached hydrogens (tertiary/aromatic N) is 1. The molecule has 25 heavy (non-hydrogen) atoms. The van der Waals surface area contributed by atoms with Crippen LogP contribution in [-0.2, 0) is 26.3 Å². The maximum atomic E-state index is 13.0. The Morgan fingerprint density at radius 3 is 2.52 bits per heavy atom. The Morgan fingerprint density at radius 1 is 1.08 bits per heavy atom. The van der Waals surface area contributed by atoms with E-state index in [1.165, 1.54) is 29.1 Å². The van der Waals surface area contributed by atoms with E-state index in [1.54, 1.807) is 4.90 Å². The molecule has 1 amide bonds. The third kappa shape index (κ3) is 2.80. The van der Waals surface area contributed by atoms with Crippen LogP contribution in [0.2, 0.25) is 0 Å². The van der Waals surface area contributed by atoms with Gasteiger partial charge in [-0.15, -0.1) is 0 Å². The maximum absolute atomic E-state index is 13.0. The van der Waals surface area contributed by atoms with E-state index in [9.17, 15) is 13.6 Å². The smallest absolute Gasteiger partial charge is 0.254 e. The first-order valence-corrected chi connectivity index (χ1v) is 8.32. The summed E-state index contributed by atoms with van der Waals surface area (Å²) < 4.78 is 26.0. The van der Waals surface area contributed by atoms with Crippen molar-refractivity contribution >= 4 is 16.8 Å². The summed E-state index contributed by atoms with van der Waals surface area (Å²) in [6.45, 7) is -0.341. The van der Waals surface area contributed by atoms with E-state index in [4.69, 9.17) is 0 Å². The number of carbonyl (C=O) groups is 1. The van der Waals surface area contributed by atoms with Crippen LogP contribution in [0.3, 0.4) is 0 Å². The molecule has 0 bridgehead atoms. The van der Waals surface area contributed by atoms with Gasteiger partial charge in [0.15, 0.2) is 0 Å². The Balaban J connectivity index is 1.64. The van der Waals surface area contributed by atoms with Crippen molar-refractivity contribution in [2.45, 2.75) is 26.3 Å². The number of hydrogen-bond donors (Lipinski definition) is 1. The van der Waals surface area contributed by atoms with Gasteiger partial charge in [-0.2, -0.15) is 0 Å². The predicted octanol–water partition coefficient (Wildman–Crippen LogP) is 4.31. The zero-order valence-corrected chi connectivity index (χ0v) is 13.7. The predicted molar refractivity (Wildman–Crippen MR) is 92.8 cm³/mol. The first-order chi connectivity index (χ1) is 12.2. The van der Waals surface area contributed by atoms with Gasteiger partial charge in [0.25, 0.3) is 5.91 Å². The van der Waals surface area contributed by atoms with E-state index in [0.717, 1.165) is 17.6 Å². The van der Waals surface area contributed by atoms with E-state index in [0.29, 0.717) is 29.8 Å². The first kappa shape index (κ1) is 15.8. The summed E-state index contributed by atoms with van der Waals surface area (Å²) in [5, 5.41) is 1.20. The number of alkyl halides is 2. The minimum Gasteiger partial charge on any atom is -0.357 e. The van der Waals surface area contributed by atoms with E-state index in [2.05, 4.69) is 11.1 Å². The summed E-state index contributed by atoms with van der Waals surface area (Å²) in [5.41, 5.74) is 4.38. The average Bonchev–Trinajstić information content (AvgIpc) is 3.04. The fraction of sp³-hybridized carbons (Fsp3) is 0.250. The summed E-state index contributed by atoms with van der Waals surface area (Å²) in [5.74, 6) is -0.186. The minimum absolute atomic E-state index is 0.186. The highest BCUT2D eigenvalue weighted by Gasteiger charge is 2.25. The number of para-hydroxylation sites is 1. The second kappa shape index (κ2) is 6.31. The Bertz CT molecular complexity index is 926. The van der Waals surface area contributed by atoms with Crippen molar-refractivity contribution in [1.82, 2.24) is 9.88 Å². The van der Waals surface area contributed by atoms with Crippen LogP contribution >= 0.6 is 0 Å². The summed E-state index contributed by atoms with van der Waals surface area (Å²) in [4.78, 5) is 17.9. The highest BCUT2D eigenvalue weighted by atomic mass is 19.1. The quantitative estimate of drug-likeness (QED) is 0.758. The molecule has 0 radical (unpaired) electrons. The molecule has 0 spiro atoms. The Kier molecular flexibility index (Phi) is 3.99. The topological polar surface area (TPSA) is 36.1 Å². The van der Waals surface area contributed by atoms with Crippen LogP contribution in [0.25, 0.3) is 10.9 Å². The molecule has 0 saturated carbocycles. The number of aromatic nitrogens is 1. The van der Waals surface area contributed by atoms with Crippen molar-refractivity contribution in [2.75, 3.05) is 6.54 Å². The molecule has 1 aliphatic rings. The number of aromatic amines is 1. The van der Waals surface area contributed by atoms with Gasteiger partial charge in [0, 0.05) is 28.7 Å². The number of rotatable bonds is 3. The van der Waals surface area contributed by atoms with Crippen LogP contribution < -0.4 is 0 Å². The van der Waals surface area contributed by atoms with Gasteiger partial charge in [-0.25, -0.2) is 8.78 Å². The third-order valence-corrected chi connectivity index (χ3v) is 4.78. The molecule has 2 aromatic carbocycles. The van der Waals surface area contributed by atoms with Crippen molar-refractivity contribution in [1.29, 1.82) is 0 Å². The number of fused-ring (bicyclic) bond motifs is 3. The molecule has 128 valence electrons. The fourth-order valence-corrected chi connectivity index (χ4v) is 3.59. The normalized spacial score (nSPS) is 13.9. The SMILES string of the molecule is O=C(c1cc(CF)cc(CF)c1)N1CCc2c([nH]c3ccccc23)C1. The number of nitrogens with one attached hydrogen (secondary N) is 1. The largest absolute Gasteiger partial charge is 0.357 e. The molecule has 1 aromatic heterocycles. The molecule has 0 saturated heterocycles. The van der Waals surface area contributed by atoms with Crippen LogP contribution in [0.15, 0.2) is 42.5 Å². The lowest BCUT2D eigenvalue weighted by molar-refractivity contribution is 0.0732. The zero-order valence-electron chi connectivity index (χ0n) is 13.7. The molecule has 2 heterocycles. The number of hydrogen-bond acceptors (Lipinski definition) is 1. The number of carbonyl (C=O) groups excluding carboxylic acids is 1. The summed E-state index contributed by atoms with van der Waals surface area (Å²) in [7, 11) is 0. The average molecular weight is 340 g/mol. The van der Waals surface area contributed by atoms with E-state index in [-0.39, 0.29) is 5.91 Å². The van der Waals surface area contributed by atoms with Gasteiger partial charge in [-0.3, -0.25) is 4.79 Å². The van der Waals surface area contributed by atoms with Gasteiger partial charge in [0.05, 0.1) is 6.54 Å². The second-order valence-electron chi connectivity index (χ2n) is 6.41. The van der Waals surface area contributed by atoms with Crippen molar-refractivity contribution in [2.24, 2.45) is 0 Å². The van der Waals surface area contributed by atoms with Crippen molar-refractivity contribution in [3.63, 3.8) is 0 Å². The van der Waals surface area contributed by atoms with Gasteiger partial charge >= 0.3 is 0 Å². The molecular weight excluding hydrogens is 322 g/mol. The van der Waals surface area contributed by atoms with E-state index >= 15 is 0 Å². The maximum Gasteiger partial charge on any atom is 0.254 e. The number of amides is 1. The molecule has 1 aliphatic heterocycles. The lowest BCUT2D eigenvalue weighted by Gasteiger charge is -2.27. The van der Waals surface area contributed by atoms with Crippen molar-refractivity contribution in [3.8, 4) is 0 Å². The van der Waals surface area contributed by atoms with Gasteiger partial charge < -0.3 is 9.88 Å². The Hall–Kier alpha value is -2.69. The first-order valence-electron chi connectivity index (χ1n) is 8.32. The van der Waals surface area contributed by atoms with Gasteiger partial charge in [-0.1, -0.05) is 24.3 Å². The van der Waals surface area contributed by atoms with Crippen molar-refractivity contribution < 1.29 is 13.6 Å². The molecule has 5 heteroatoms. The molecule has 4 rings (SSSR count). The number of H-pyrrole nitrogens is 1. The summed E-state index contributed by atoms with van der Waals surface area (Å²) in [6, 6.07) is 12.6. The molecule has 0 aliphatic carbocycles. The van der Waals surface area contributed by atoms with Gasteiger partial charge in [0.1, 0.15) is 13.3 Å². The summed E-state index contributed by atoms with van der Waals surface area (Å²) in [6.07, 6.45) is 0.768. The summed E-state index contributed by atoms with van der Waals surface area (Å²) >= 11 is 0. The number of halogens is 2. The van der Waals surface area contributed by atoms with Crippen molar-refractivity contribution in [3.05, 3.63) is 70.4 Å². The van der Waals surface area contributed by atoms with Gasteiger partial charge in [0.2, 0.25) is 0 Å². The van der Waals surface area contributed by atoms with Crippen LogP contribution in [0.1, 0.15) is 32.7 Å². The molecule has 0 fully saturated rings. The second-order valence-corrected chi connectivity index (χ2v) is 6.41. The molecule has 0 atom stereocenters. The Morgan fingerprint density at radius 2 is 1.80 bits per heavy atom. The third-order valence-electron chi connectivity index (χ3n) is 4.78. The van der Waals surface area contributed by atoms with E-state index < -0.39 is 13.3 Å². The minimum atomic E-state index is -0.708. The molecular formula is C20H18F2N2O. The zero-order chi connectivity index (χ0) is 17.4. The van der Waals surface area contributed by atoms with Gasteiger partial charge in [-0.05, 0) is 41.3 Å². The monoisotopic (exact) mass is 340 g/mol. The van der Waals surface area contributed by atoms with Crippen LogP contribution in [0.5, 0.6) is 0 Å². The standard InChI is InChI=1S/C20H18F2N2O/c21-10-13-7-14(11-22)9-15(8-13)20(25)24-6-5-17-16-3-1-2-4-18(16)23-19(17)12-24/h1-4,7-9,23H,5-6,10-12H2. The van der Waals surface area contributed by atoms with Crippen LogP contribution in [0, 0.1) is 0 Å². The highest BCUT2D eigenvalue weighted by molar-refractivity contribution is 5.95. The highest BCUT2D eigenvalue weighted by Crippen LogP contribution is 2.28. The van der Waals surface area contributed by atoms with E-state index in [1.807, 2.05) is 18.2 Å². The lowest BCUT2D eigenvalue weighted by atomic mass is 10.0. The van der Waals surface area contributed by atoms with Crippen LogP contribution in [0.4, 0.5) is 8.78 Å². The molecule has 3 nitrogen and oxygen atoms in total. The van der Waals surface area contributed by atoms with Crippen LogP contribution in [-0.4, -0.2) is 22.3 Å². The lowest BCUT2D eigenvalue weighted by Crippen LogP contribution is -2.36.